The van der Waals surface area contributed by atoms with Gasteiger partial charge in [-0.2, -0.15) is 0 Å². The van der Waals surface area contributed by atoms with E-state index in [4.69, 9.17) is 0 Å². The van der Waals surface area contributed by atoms with Crippen molar-refractivity contribution in [3.63, 3.8) is 0 Å². The number of nitrogens with one attached hydrogen (secondary N) is 1. The van der Waals surface area contributed by atoms with E-state index in [0.717, 1.165) is 39.9 Å². The van der Waals surface area contributed by atoms with Gasteiger partial charge in [0.1, 0.15) is 10.9 Å². The van der Waals surface area contributed by atoms with Gasteiger partial charge in [-0.3, -0.25) is 4.79 Å². The summed E-state index contributed by atoms with van der Waals surface area (Å²) in [5.74, 6) is 0.918. The molecule has 2 aromatic heterocycles. The molecule has 0 aliphatic carbocycles. The van der Waals surface area contributed by atoms with Crippen molar-refractivity contribution in [2.24, 2.45) is 0 Å². The van der Waals surface area contributed by atoms with Gasteiger partial charge in [-0.15, -0.1) is 23.1 Å². The maximum absolute atomic E-state index is 12.7. The fraction of sp³-hybridized carbons (Fsp3) is 0.400. The minimum absolute atomic E-state index is 0.101. The van der Waals surface area contributed by atoms with Gasteiger partial charge in [0.25, 0.3) is 5.91 Å². The first-order valence-electron chi connectivity index (χ1n) is 9.04. The van der Waals surface area contributed by atoms with Gasteiger partial charge >= 0.3 is 0 Å². The van der Waals surface area contributed by atoms with Gasteiger partial charge in [-0.25, -0.2) is 15.0 Å². The van der Waals surface area contributed by atoms with Crippen molar-refractivity contribution >= 4 is 39.2 Å². The Morgan fingerprint density at radius 1 is 1.22 bits per heavy atom. The predicted octanol–water partition coefficient (Wildman–Crippen LogP) is 4.60. The summed E-state index contributed by atoms with van der Waals surface area (Å²) in [6, 6.07) is 8.16. The molecular weight excluding hydrogens is 376 g/mol. The van der Waals surface area contributed by atoms with Crippen LogP contribution in [0.25, 0.3) is 10.2 Å². The quantitative estimate of drug-likeness (QED) is 0.356. The van der Waals surface area contributed by atoms with Crippen LogP contribution in [0, 0.1) is 6.92 Å². The van der Waals surface area contributed by atoms with Crippen molar-refractivity contribution < 1.29 is 4.79 Å². The summed E-state index contributed by atoms with van der Waals surface area (Å²) in [4.78, 5) is 26.4. The molecule has 0 atom stereocenters. The monoisotopic (exact) mass is 400 g/mol. The van der Waals surface area contributed by atoms with E-state index in [1.807, 2.05) is 31.4 Å². The van der Waals surface area contributed by atoms with Crippen LogP contribution in [0.5, 0.6) is 0 Å². The largest absolute Gasteiger partial charge is 0.352 e. The standard InChI is InChI=1S/C20H24N4OS2/c1-12(2)18-22-13(3)17(20(24-18)26-4)19(25)21-11-7-10-16-23-14-8-5-6-9-15(14)27-16/h5-6,8-9,12H,7,10-11H2,1-4H3,(H,21,25). The maximum atomic E-state index is 12.7. The lowest BCUT2D eigenvalue weighted by Crippen LogP contribution is -2.27. The van der Waals surface area contributed by atoms with Crippen LogP contribution in [0.15, 0.2) is 29.3 Å². The van der Waals surface area contributed by atoms with Crippen molar-refractivity contribution in [1.29, 1.82) is 0 Å². The average molecular weight is 401 g/mol. The maximum Gasteiger partial charge on any atom is 0.255 e. The zero-order valence-corrected chi connectivity index (χ0v) is 17.7. The Morgan fingerprint density at radius 2 is 2.00 bits per heavy atom. The third kappa shape index (κ3) is 4.65. The summed E-state index contributed by atoms with van der Waals surface area (Å²) >= 11 is 3.21. The van der Waals surface area contributed by atoms with E-state index >= 15 is 0 Å². The van der Waals surface area contributed by atoms with Gasteiger partial charge in [0, 0.05) is 18.9 Å². The number of aryl methyl sites for hydroxylation is 2. The normalized spacial score (nSPS) is 11.3. The molecule has 0 unspecified atom stereocenters. The molecule has 1 N–H and O–H groups in total. The molecule has 7 heteroatoms. The number of benzene rings is 1. The zero-order chi connectivity index (χ0) is 19.4. The lowest BCUT2D eigenvalue weighted by molar-refractivity contribution is 0.0948. The third-order valence-corrected chi connectivity index (χ3v) is 5.98. The SMILES string of the molecule is CSc1nc(C(C)C)nc(C)c1C(=O)NCCCc1nc2ccccc2s1. The molecule has 1 amide bonds. The van der Waals surface area contributed by atoms with E-state index < -0.39 is 0 Å². The Hall–Kier alpha value is -1.99. The number of thioether (sulfide) groups is 1. The first kappa shape index (κ1) is 19.8. The van der Waals surface area contributed by atoms with E-state index in [0.29, 0.717) is 12.1 Å². The van der Waals surface area contributed by atoms with Crippen molar-refractivity contribution in [2.45, 2.75) is 44.6 Å². The van der Waals surface area contributed by atoms with E-state index in [2.05, 4.69) is 40.2 Å². The molecule has 3 aromatic rings. The molecule has 5 nitrogen and oxygen atoms in total. The summed E-state index contributed by atoms with van der Waals surface area (Å²) in [6.45, 7) is 6.60. The first-order valence-corrected chi connectivity index (χ1v) is 11.1. The molecule has 0 radical (unpaired) electrons. The number of nitrogens with zero attached hydrogens (tertiary/aromatic N) is 3. The molecule has 0 spiro atoms. The van der Waals surface area contributed by atoms with Crippen molar-refractivity contribution in [3.8, 4) is 0 Å². The third-order valence-electron chi connectivity index (χ3n) is 4.20. The summed E-state index contributed by atoms with van der Waals surface area (Å²) in [5.41, 5.74) is 2.37. The molecule has 0 aliphatic heterocycles. The Labute approximate surface area is 168 Å². The van der Waals surface area contributed by atoms with Crippen LogP contribution in [-0.4, -0.2) is 33.7 Å². The second kappa shape index (κ2) is 8.80. The molecule has 3 rings (SSSR count). The smallest absolute Gasteiger partial charge is 0.255 e. The van der Waals surface area contributed by atoms with Gasteiger partial charge in [0.15, 0.2) is 0 Å². The van der Waals surface area contributed by atoms with Gasteiger partial charge in [0.2, 0.25) is 0 Å². The second-order valence-electron chi connectivity index (χ2n) is 6.64. The van der Waals surface area contributed by atoms with Crippen molar-refractivity contribution in [1.82, 2.24) is 20.3 Å². The minimum Gasteiger partial charge on any atom is -0.352 e. The Balaban J connectivity index is 1.60. The van der Waals surface area contributed by atoms with Crippen molar-refractivity contribution in [3.05, 3.63) is 46.4 Å². The van der Waals surface area contributed by atoms with Crippen LogP contribution in [0.2, 0.25) is 0 Å². The zero-order valence-electron chi connectivity index (χ0n) is 16.1. The van der Waals surface area contributed by atoms with Crippen LogP contribution < -0.4 is 5.32 Å². The number of carbonyl (C=O) groups is 1. The summed E-state index contributed by atoms with van der Waals surface area (Å²) in [6.07, 6.45) is 3.65. The van der Waals surface area contributed by atoms with Crippen LogP contribution in [0.1, 0.15) is 53.1 Å². The predicted molar refractivity (Wildman–Crippen MR) is 113 cm³/mol. The molecule has 0 fully saturated rings. The topological polar surface area (TPSA) is 67.8 Å². The van der Waals surface area contributed by atoms with E-state index in [1.165, 1.54) is 16.5 Å². The Kier molecular flexibility index (Phi) is 6.44. The molecule has 27 heavy (non-hydrogen) atoms. The van der Waals surface area contributed by atoms with Gasteiger partial charge in [-0.05, 0) is 31.7 Å². The van der Waals surface area contributed by atoms with Crippen LogP contribution >= 0.6 is 23.1 Å². The number of rotatable bonds is 7. The fourth-order valence-corrected chi connectivity index (χ4v) is 4.43. The van der Waals surface area contributed by atoms with Crippen LogP contribution in [-0.2, 0) is 6.42 Å². The van der Waals surface area contributed by atoms with E-state index in [9.17, 15) is 4.79 Å². The molecule has 0 saturated carbocycles. The summed E-state index contributed by atoms with van der Waals surface area (Å²) in [7, 11) is 0. The first-order chi connectivity index (χ1) is 13.0. The molecule has 142 valence electrons. The molecule has 0 bridgehead atoms. The van der Waals surface area contributed by atoms with E-state index in [-0.39, 0.29) is 11.8 Å². The molecule has 2 heterocycles. The number of thiazole rings is 1. The summed E-state index contributed by atoms with van der Waals surface area (Å²) in [5, 5.41) is 4.86. The van der Waals surface area contributed by atoms with Gasteiger partial charge < -0.3 is 5.32 Å². The highest BCUT2D eigenvalue weighted by Crippen LogP contribution is 2.24. The minimum atomic E-state index is -0.101. The van der Waals surface area contributed by atoms with Crippen LogP contribution in [0.3, 0.4) is 0 Å². The van der Waals surface area contributed by atoms with Gasteiger partial charge in [-0.1, -0.05) is 26.0 Å². The average Bonchev–Trinajstić information content (AvgIpc) is 3.07. The summed E-state index contributed by atoms with van der Waals surface area (Å²) < 4.78 is 1.21. The fourth-order valence-electron chi connectivity index (χ4n) is 2.79. The Bertz CT molecular complexity index is 919. The highest BCUT2D eigenvalue weighted by atomic mass is 32.2. The lowest BCUT2D eigenvalue weighted by atomic mass is 10.1. The number of carbonyl (C=O) groups excluding carboxylic acids is 1. The van der Waals surface area contributed by atoms with E-state index in [1.54, 1.807) is 11.3 Å². The number of amides is 1. The molecular formula is C20H24N4OS2. The number of hydrogen-bond donors (Lipinski definition) is 1. The molecule has 1 aromatic carbocycles. The number of aromatic nitrogens is 3. The number of para-hydroxylation sites is 1. The highest BCUT2D eigenvalue weighted by molar-refractivity contribution is 7.98. The number of hydrogen-bond acceptors (Lipinski definition) is 6. The lowest BCUT2D eigenvalue weighted by Gasteiger charge is -2.13. The number of fused-ring (bicyclic) bond motifs is 1. The van der Waals surface area contributed by atoms with Gasteiger partial charge in [0.05, 0.1) is 26.5 Å². The molecule has 0 saturated heterocycles. The molecule has 0 aliphatic rings. The second-order valence-corrected chi connectivity index (χ2v) is 8.55. The van der Waals surface area contributed by atoms with Crippen LogP contribution in [0.4, 0.5) is 0 Å². The Morgan fingerprint density at radius 3 is 2.70 bits per heavy atom. The van der Waals surface area contributed by atoms with Crippen molar-refractivity contribution in [2.75, 3.05) is 12.8 Å². The highest BCUT2D eigenvalue weighted by Gasteiger charge is 2.19.